The summed E-state index contributed by atoms with van der Waals surface area (Å²) in [5.41, 5.74) is -0.678. The average Bonchev–Trinajstić information content (AvgIpc) is 2.27. The van der Waals surface area contributed by atoms with Crippen LogP contribution >= 0.6 is 23.5 Å². The SMILES string of the molecule is CSc1ccc(SCC(C)(C)C(=O)O)cc1. The Morgan fingerprint density at radius 2 is 1.75 bits per heavy atom. The summed E-state index contributed by atoms with van der Waals surface area (Å²) in [5, 5.41) is 8.98. The maximum Gasteiger partial charge on any atom is 0.309 e. The van der Waals surface area contributed by atoms with Gasteiger partial charge >= 0.3 is 5.97 Å². The van der Waals surface area contributed by atoms with Gasteiger partial charge in [-0.05, 0) is 44.4 Å². The number of hydrogen-bond donors (Lipinski definition) is 1. The first-order valence-electron chi connectivity index (χ1n) is 4.96. The fraction of sp³-hybridized carbons (Fsp3) is 0.417. The van der Waals surface area contributed by atoms with Crippen molar-refractivity contribution < 1.29 is 9.90 Å². The Balaban J connectivity index is 2.58. The summed E-state index contributed by atoms with van der Waals surface area (Å²) in [6.07, 6.45) is 2.04. The molecule has 4 heteroatoms. The number of aliphatic carboxylic acids is 1. The van der Waals surface area contributed by atoms with Crippen LogP contribution in [0, 0.1) is 5.41 Å². The molecule has 0 saturated carbocycles. The molecule has 0 amide bonds. The van der Waals surface area contributed by atoms with Gasteiger partial charge in [0.15, 0.2) is 0 Å². The van der Waals surface area contributed by atoms with Crippen LogP contribution in [0.25, 0.3) is 0 Å². The second-order valence-corrected chi connectivity index (χ2v) is 6.08. The summed E-state index contributed by atoms with van der Waals surface area (Å²) in [6.45, 7) is 3.50. The van der Waals surface area contributed by atoms with Gasteiger partial charge in [-0.3, -0.25) is 4.79 Å². The van der Waals surface area contributed by atoms with Crippen LogP contribution in [-0.4, -0.2) is 23.1 Å². The first kappa shape index (κ1) is 13.5. The van der Waals surface area contributed by atoms with E-state index in [1.807, 2.05) is 18.4 Å². The zero-order chi connectivity index (χ0) is 12.2. The van der Waals surface area contributed by atoms with Crippen LogP contribution < -0.4 is 0 Å². The fourth-order valence-electron chi connectivity index (χ4n) is 0.997. The Hall–Kier alpha value is -0.610. The lowest BCUT2D eigenvalue weighted by molar-refractivity contribution is -0.145. The van der Waals surface area contributed by atoms with Crippen LogP contribution in [0.3, 0.4) is 0 Å². The lowest BCUT2D eigenvalue weighted by Crippen LogP contribution is -2.26. The Morgan fingerprint density at radius 3 is 2.19 bits per heavy atom. The van der Waals surface area contributed by atoms with Gasteiger partial charge < -0.3 is 5.11 Å². The maximum absolute atomic E-state index is 10.9. The van der Waals surface area contributed by atoms with Crippen LogP contribution in [0.5, 0.6) is 0 Å². The van der Waals surface area contributed by atoms with Crippen molar-refractivity contribution in [3.63, 3.8) is 0 Å². The summed E-state index contributed by atoms with van der Waals surface area (Å²) < 4.78 is 0. The van der Waals surface area contributed by atoms with Crippen molar-refractivity contribution in [3.05, 3.63) is 24.3 Å². The van der Waals surface area contributed by atoms with Crippen LogP contribution in [0.1, 0.15) is 13.8 Å². The van der Waals surface area contributed by atoms with Gasteiger partial charge in [0, 0.05) is 15.5 Å². The van der Waals surface area contributed by atoms with Gasteiger partial charge in [0.25, 0.3) is 0 Å². The molecule has 0 heterocycles. The molecule has 0 fully saturated rings. The zero-order valence-corrected chi connectivity index (χ0v) is 11.3. The van der Waals surface area contributed by atoms with E-state index < -0.39 is 11.4 Å². The van der Waals surface area contributed by atoms with Crippen LogP contribution in [0.4, 0.5) is 0 Å². The molecule has 88 valence electrons. The molecule has 1 N–H and O–H groups in total. The third-order valence-electron chi connectivity index (χ3n) is 2.24. The number of carboxylic acid groups (broad SMARTS) is 1. The van der Waals surface area contributed by atoms with Gasteiger partial charge in [-0.2, -0.15) is 0 Å². The molecule has 1 rings (SSSR count). The third-order valence-corrected chi connectivity index (χ3v) is 4.45. The lowest BCUT2D eigenvalue weighted by atomic mass is 9.97. The minimum absolute atomic E-state index is 0.584. The summed E-state index contributed by atoms with van der Waals surface area (Å²) in [4.78, 5) is 13.3. The highest BCUT2D eigenvalue weighted by Gasteiger charge is 2.26. The minimum Gasteiger partial charge on any atom is -0.481 e. The van der Waals surface area contributed by atoms with Gasteiger partial charge in [0.2, 0.25) is 0 Å². The Kier molecular flexibility index (Phi) is 4.74. The summed E-state index contributed by atoms with van der Waals surface area (Å²) >= 11 is 3.29. The van der Waals surface area contributed by atoms with Crippen molar-refractivity contribution in [2.24, 2.45) is 5.41 Å². The Labute approximate surface area is 105 Å². The number of benzene rings is 1. The molecular weight excluding hydrogens is 240 g/mol. The van der Waals surface area contributed by atoms with E-state index in [2.05, 4.69) is 12.1 Å². The van der Waals surface area contributed by atoms with Crippen molar-refractivity contribution in [2.75, 3.05) is 12.0 Å². The predicted octanol–water partition coefficient (Wildman–Crippen LogP) is 3.61. The number of rotatable bonds is 5. The van der Waals surface area contributed by atoms with Crippen molar-refractivity contribution in [1.82, 2.24) is 0 Å². The second kappa shape index (κ2) is 5.64. The molecule has 0 atom stereocenters. The summed E-state index contributed by atoms with van der Waals surface area (Å²) in [6, 6.07) is 8.18. The van der Waals surface area contributed by atoms with Crippen LogP contribution in [0.15, 0.2) is 34.1 Å². The second-order valence-electron chi connectivity index (χ2n) is 4.15. The van der Waals surface area contributed by atoms with E-state index in [9.17, 15) is 4.79 Å². The van der Waals surface area contributed by atoms with Gasteiger partial charge in [0.1, 0.15) is 0 Å². The average molecular weight is 256 g/mol. The molecule has 2 nitrogen and oxygen atoms in total. The van der Waals surface area contributed by atoms with Crippen molar-refractivity contribution in [3.8, 4) is 0 Å². The topological polar surface area (TPSA) is 37.3 Å². The highest BCUT2D eigenvalue weighted by molar-refractivity contribution is 7.99. The van der Waals surface area contributed by atoms with E-state index in [4.69, 9.17) is 5.11 Å². The number of carbonyl (C=O) groups is 1. The Bertz CT molecular complexity index is 358. The van der Waals surface area contributed by atoms with Crippen LogP contribution in [-0.2, 0) is 4.79 Å². The molecule has 0 unspecified atom stereocenters. The molecule has 0 spiro atoms. The van der Waals surface area contributed by atoms with E-state index in [0.717, 1.165) is 4.90 Å². The fourth-order valence-corrected chi connectivity index (χ4v) is 2.39. The zero-order valence-electron chi connectivity index (χ0n) is 9.69. The highest BCUT2D eigenvalue weighted by Crippen LogP contribution is 2.28. The van der Waals surface area contributed by atoms with Gasteiger partial charge in [-0.1, -0.05) is 0 Å². The third kappa shape index (κ3) is 3.76. The minimum atomic E-state index is -0.749. The van der Waals surface area contributed by atoms with Crippen molar-refractivity contribution in [1.29, 1.82) is 0 Å². The van der Waals surface area contributed by atoms with Crippen molar-refractivity contribution >= 4 is 29.5 Å². The largest absolute Gasteiger partial charge is 0.481 e. The van der Waals surface area contributed by atoms with E-state index in [1.165, 1.54) is 4.90 Å². The number of carboxylic acids is 1. The van der Waals surface area contributed by atoms with Gasteiger partial charge in [0.05, 0.1) is 5.41 Å². The standard InChI is InChI=1S/C12H16O2S2/c1-12(2,11(13)14)8-16-10-6-4-9(15-3)5-7-10/h4-7H,8H2,1-3H3,(H,13,14). The van der Waals surface area contributed by atoms with E-state index in [0.29, 0.717) is 5.75 Å². The molecule has 0 aliphatic rings. The first-order valence-corrected chi connectivity index (χ1v) is 7.17. The smallest absolute Gasteiger partial charge is 0.309 e. The molecule has 1 aromatic carbocycles. The molecule has 1 aromatic rings. The molecule has 16 heavy (non-hydrogen) atoms. The molecule has 0 radical (unpaired) electrons. The van der Waals surface area contributed by atoms with Gasteiger partial charge in [-0.25, -0.2) is 0 Å². The normalized spacial score (nSPS) is 11.4. The summed E-state index contributed by atoms with van der Waals surface area (Å²) in [5.74, 6) is -0.165. The van der Waals surface area contributed by atoms with Gasteiger partial charge in [-0.15, -0.1) is 23.5 Å². The summed E-state index contributed by atoms with van der Waals surface area (Å²) in [7, 11) is 0. The van der Waals surface area contributed by atoms with Crippen molar-refractivity contribution in [2.45, 2.75) is 23.6 Å². The Morgan fingerprint density at radius 1 is 1.25 bits per heavy atom. The molecular formula is C12H16O2S2. The molecule has 0 aromatic heterocycles. The number of hydrogen-bond acceptors (Lipinski definition) is 3. The first-order chi connectivity index (χ1) is 7.45. The molecule has 0 saturated heterocycles. The molecule has 0 bridgehead atoms. The van der Waals surface area contributed by atoms with Crippen LogP contribution in [0.2, 0.25) is 0 Å². The quantitative estimate of drug-likeness (QED) is 0.817. The van der Waals surface area contributed by atoms with E-state index >= 15 is 0 Å². The lowest BCUT2D eigenvalue weighted by Gasteiger charge is -2.18. The van der Waals surface area contributed by atoms with E-state index in [1.54, 1.807) is 37.4 Å². The maximum atomic E-state index is 10.9. The molecule has 0 aliphatic heterocycles. The molecule has 0 aliphatic carbocycles. The van der Waals surface area contributed by atoms with E-state index in [-0.39, 0.29) is 0 Å². The number of thioether (sulfide) groups is 2. The predicted molar refractivity (Wildman–Crippen MR) is 70.4 cm³/mol. The highest BCUT2D eigenvalue weighted by atomic mass is 32.2. The monoisotopic (exact) mass is 256 g/mol.